The van der Waals surface area contributed by atoms with Gasteiger partial charge in [0.05, 0.1) is 6.10 Å². The Morgan fingerprint density at radius 2 is 1.94 bits per heavy atom. The first kappa shape index (κ1) is 15.2. The van der Waals surface area contributed by atoms with Crippen molar-refractivity contribution < 1.29 is 27.8 Å². The topological polar surface area (TPSA) is 58.6 Å². The molecule has 7 heteroatoms. The first-order valence-corrected chi connectivity index (χ1v) is 5.94. The van der Waals surface area contributed by atoms with Gasteiger partial charge in [0.2, 0.25) is 5.91 Å². The van der Waals surface area contributed by atoms with Crippen LogP contribution in [0.4, 0.5) is 13.2 Å². The van der Waals surface area contributed by atoms with Crippen LogP contribution in [0.25, 0.3) is 0 Å². The highest BCUT2D eigenvalue weighted by atomic mass is 19.4. The predicted molar refractivity (Wildman–Crippen MR) is 57.9 cm³/mol. The number of aliphatic hydroxyl groups is 1. The highest BCUT2D eigenvalue weighted by molar-refractivity contribution is 5.80. The SMILES string of the molecule is CC(OCC(F)(F)F)C(=O)NC1CCC(O)CC1. The van der Waals surface area contributed by atoms with E-state index in [9.17, 15) is 23.1 Å². The number of hydrogen-bond donors (Lipinski definition) is 2. The number of ether oxygens (including phenoxy) is 1. The van der Waals surface area contributed by atoms with E-state index in [0.29, 0.717) is 25.7 Å². The average Bonchev–Trinajstić information content (AvgIpc) is 2.28. The monoisotopic (exact) mass is 269 g/mol. The molecule has 1 aliphatic rings. The molecule has 0 aliphatic heterocycles. The molecule has 0 saturated heterocycles. The Labute approximate surface area is 103 Å². The van der Waals surface area contributed by atoms with Crippen LogP contribution in [-0.2, 0) is 9.53 Å². The molecule has 106 valence electrons. The van der Waals surface area contributed by atoms with Crippen molar-refractivity contribution in [2.75, 3.05) is 6.61 Å². The number of halogens is 3. The van der Waals surface area contributed by atoms with Crippen LogP contribution in [0.5, 0.6) is 0 Å². The van der Waals surface area contributed by atoms with Crippen molar-refractivity contribution in [1.29, 1.82) is 0 Å². The second kappa shape index (κ2) is 6.38. The van der Waals surface area contributed by atoms with Crippen molar-refractivity contribution in [1.82, 2.24) is 5.32 Å². The van der Waals surface area contributed by atoms with Crippen LogP contribution >= 0.6 is 0 Å². The van der Waals surface area contributed by atoms with Gasteiger partial charge in [0, 0.05) is 6.04 Å². The minimum Gasteiger partial charge on any atom is -0.393 e. The molecule has 18 heavy (non-hydrogen) atoms. The lowest BCUT2D eigenvalue weighted by molar-refractivity contribution is -0.185. The second-order valence-corrected chi connectivity index (χ2v) is 4.58. The van der Waals surface area contributed by atoms with Crippen LogP contribution in [0.15, 0.2) is 0 Å². The number of alkyl halides is 3. The average molecular weight is 269 g/mol. The van der Waals surface area contributed by atoms with Crippen LogP contribution in [0, 0.1) is 0 Å². The quantitative estimate of drug-likeness (QED) is 0.810. The number of aliphatic hydroxyl groups excluding tert-OH is 1. The van der Waals surface area contributed by atoms with Crippen molar-refractivity contribution in [3.05, 3.63) is 0 Å². The summed E-state index contributed by atoms with van der Waals surface area (Å²) in [6.45, 7) is -0.135. The summed E-state index contributed by atoms with van der Waals surface area (Å²) in [5.41, 5.74) is 0. The fourth-order valence-electron chi connectivity index (χ4n) is 1.83. The van der Waals surface area contributed by atoms with Gasteiger partial charge in [-0.15, -0.1) is 0 Å². The first-order valence-electron chi connectivity index (χ1n) is 5.94. The zero-order valence-electron chi connectivity index (χ0n) is 10.2. The molecule has 1 unspecified atom stereocenters. The molecule has 2 N–H and O–H groups in total. The summed E-state index contributed by atoms with van der Waals surface area (Å²) in [7, 11) is 0. The van der Waals surface area contributed by atoms with Gasteiger partial charge in [0.1, 0.15) is 12.7 Å². The lowest BCUT2D eigenvalue weighted by Gasteiger charge is -2.27. The molecule has 0 radical (unpaired) electrons. The molecular formula is C11H18F3NO3. The number of nitrogens with one attached hydrogen (secondary N) is 1. The highest BCUT2D eigenvalue weighted by Gasteiger charge is 2.30. The number of amides is 1. The summed E-state index contributed by atoms with van der Waals surface area (Å²) in [6, 6.07) is -0.0853. The Kier molecular flexibility index (Phi) is 5.40. The Morgan fingerprint density at radius 1 is 1.39 bits per heavy atom. The van der Waals surface area contributed by atoms with E-state index in [1.807, 2.05) is 0 Å². The first-order chi connectivity index (χ1) is 8.28. The Hall–Kier alpha value is -0.820. The maximum atomic E-state index is 11.9. The minimum absolute atomic E-state index is 0.0853. The highest BCUT2D eigenvalue weighted by Crippen LogP contribution is 2.19. The number of carbonyl (C=O) groups excluding carboxylic acids is 1. The number of rotatable bonds is 4. The maximum absolute atomic E-state index is 11.9. The van der Waals surface area contributed by atoms with Crippen molar-refractivity contribution in [2.24, 2.45) is 0 Å². The molecule has 1 atom stereocenters. The third kappa shape index (κ3) is 5.68. The lowest BCUT2D eigenvalue weighted by Crippen LogP contribution is -2.44. The number of carbonyl (C=O) groups is 1. The lowest BCUT2D eigenvalue weighted by atomic mass is 9.93. The van der Waals surface area contributed by atoms with E-state index in [1.54, 1.807) is 0 Å². The van der Waals surface area contributed by atoms with Gasteiger partial charge >= 0.3 is 6.18 Å². The van der Waals surface area contributed by atoms with Crippen LogP contribution < -0.4 is 5.32 Å². The minimum atomic E-state index is -4.43. The molecule has 0 aromatic carbocycles. The van der Waals surface area contributed by atoms with Gasteiger partial charge in [0.15, 0.2) is 0 Å². The van der Waals surface area contributed by atoms with Crippen LogP contribution in [0.1, 0.15) is 32.6 Å². The molecule has 0 aromatic heterocycles. The predicted octanol–water partition coefficient (Wildman–Crippen LogP) is 1.37. The van der Waals surface area contributed by atoms with Gasteiger partial charge in [-0.3, -0.25) is 4.79 Å². The van der Waals surface area contributed by atoms with Gasteiger partial charge in [-0.05, 0) is 32.6 Å². The molecule has 1 aliphatic carbocycles. The van der Waals surface area contributed by atoms with E-state index in [1.165, 1.54) is 6.92 Å². The molecule has 0 heterocycles. The van der Waals surface area contributed by atoms with Crippen molar-refractivity contribution in [2.45, 2.75) is 57.0 Å². The normalized spacial score (nSPS) is 26.7. The van der Waals surface area contributed by atoms with Gasteiger partial charge in [-0.1, -0.05) is 0 Å². The van der Waals surface area contributed by atoms with E-state index < -0.39 is 24.8 Å². The fourth-order valence-corrected chi connectivity index (χ4v) is 1.83. The van der Waals surface area contributed by atoms with Crippen LogP contribution in [0.3, 0.4) is 0 Å². The van der Waals surface area contributed by atoms with Crippen molar-refractivity contribution in [3.8, 4) is 0 Å². The standard InChI is InChI=1S/C11H18F3NO3/c1-7(18-6-11(12,13)14)10(17)15-8-2-4-9(16)5-3-8/h7-9,16H,2-6H2,1H3,(H,15,17). The molecule has 1 fully saturated rings. The molecule has 1 saturated carbocycles. The molecule has 1 amide bonds. The summed E-state index contributed by atoms with van der Waals surface area (Å²) in [5, 5.41) is 11.9. The Balaban J connectivity index is 2.27. The summed E-state index contributed by atoms with van der Waals surface area (Å²) in [6.07, 6.45) is -3.41. The Morgan fingerprint density at radius 3 is 2.44 bits per heavy atom. The number of hydrogen-bond acceptors (Lipinski definition) is 3. The van der Waals surface area contributed by atoms with Gasteiger partial charge < -0.3 is 15.2 Å². The zero-order valence-corrected chi connectivity index (χ0v) is 10.2. The van der Waals surface area contributed by atoms with E-state index >= 15 is 0 Å². The van der Waals surface area contributed by atoms with E-state index in [2.05, 4.69) is 10.1 Å². The van der Waals surface area contributed by atoms with Crippen LogP contribution in [0.2, 0.25) is 0 Å². The summed E-state index contributed by atoms with van der Waals surface area (Å²) < 4.78 is 40.1. The van der Waals surface area contributed by atoms with Gasteiger partial charge in [-0.25, -0.2) is 0 Å². The second-order valence-electron chi connectivity index (χ2n) is 4.58. The van der Waals surface area contributed by atoms with E-state index in [4.69, 9.17) is 0 Å². The Bertz CT molecular complexity index is 275. The molecule has 4 nitrogen and oxygen atoms in total. The largest absolute Gasteiger partial charge is 0.411 e. The van der Waals surface area contributed by atoms with Crippen LogP contribution in [-0.4, -0.2) is 42.0 Å². The van der Waals surface area contributed by atoms with E-state index in [0.717, 1.165) is 0 Å². The summed E-state index contributed by atoms with van der Waals surface area (Å²) >= 11 is 0. The maximum Gasteiger partial charge on any atom is 0.411 e. The molecule has 0 spiro atoms. The third-order valence-corrected chi connectivity index (χ3v) is 2.91. The molecular weight excluding hydrogens is 251 g/mol. The van der Waals surface area contributed by atoms with Gasteiger partial charge in [-0.2, -0.15) is 13.2 Å². The molecule has 0 aromatic rings. The molecule has 1 rings (SSSR count). The third-order valence-electron chi connectivity index (χ3n) is 2.91. The van der Waals surface area contributed by atoms with Crippen molar-refractivity contribution >= 4 is 5.91 Å². The summed E-state index contributed by atoms with van der Waals surface area (Å²) in [5.74, 6) is -0.541. The van der Waals surface area contributed by atoms with Crippen molar-refractivity contribution in [3.63, 3.8) is 0 Å². The smallest absolute Gasteiger partial charge is 0.393 e. The summed E-state index contributed by atoms with van der Waals surface area (Å²) in [4.78, 5) is 11.5. The van der Waals surface area contributed by atoms with Gasteiger partial charge in [0.25, 0.3) is 0 Å². The zero-order chi connectivity index (χ0) is 13.8. The van der Waals surface area contributed by atoms with E-state index in [-0.39, 0.29) is 12.1 Å². The molecule has 0 bridgehead atoms. The fraction of sp³-hybridized carbons (Fsp3) is 0.909.